The first-order valence-corrected chi connectivity index (χ1v) is 8.81. The Morgan fingerprint density at radius 3 is 2.68 bits per heavy atom. The SMILES string of the molecule is CN(C)C1CC=C(c2cccc(NC(=O)c3ccccc3Cl)n2)CC1. The monoisotopic (exact) mass is 355 g/mol. The van der Waals surface area contributed by atoms with Gasteiger partial charge in [-0.1, -0.05) is 35.9 Å². The number of rotatable bonds is 4. The molecule has 5 heteroatoms. The topological polar surface area (TPSA) is 45.2 Å². The van der Waals surface area contributed by atoms with Crippen LogP contribution in [0, 0.1) is 0 Å². The van der Waals surface area contributed by atoms with Crippen molar-refractivity contribution in [3.8, 4) is 0 Å². The highest BCUT2D eigenvalue weighted by Gasteiger charge is 2.18. The summed E-state index contributed by atoms with van der Waals surface area (Å²) in [7, 11) is 4.24. The number of amides is 1. The maximum atomic E-state index is 12.4. The fraction of sp³-hybridized carbons (Fsp3) is 0.300. The summed E-state index contributed by atoms with van der Waals surface area (Å²) in [4.78, 5) is 19.3. The third-order valence-corrected chi connectivity index (χ3v) is 4.88. The highest BCUT2D eigenvalue weighted by atomic mass is 35.5. The predicted molar refractivity (Wildman–Crippen MR) is 103 cm³/mol. The Bertz CT molecular complexity index is 801. The highest BCUT2D eigenvalue weighted by molar-refractivity contribution is 6.34. The molecule has 0 radical (unpaired) electrons. The molecule has 1 N–H and O–H groups in total. The molecule has 25 heavy (non-hydrogen) atoms. The van der Waals surface area contributed by atoms with Crippen LogP contribution in [0.5, 0.6) is 0 Å². The Morgan fingerprint density at radius 1 is 1.20 bits per heavy atom. The van der Waals surface area contributed by atoms with Gasteiger partial charge in [0.15, 0.2) is 0 Å². The lowest BCUT2D eigenvalue weighted by Crippen LogP contribution is -2.29. The van der Waals surface area contributed by atoms with Gasteiger partial charge in [0.05, 0.1) is 16.3 Å². The summed E-state index contributed by atoms with van der Waals surface area (Å²) in [6, 6.07) is 13.3. The van der Waals surface area contributed by atoms with E-state index in [9.17, 15) is 4.79 Å². The van der Waals surface area contributed by atoms with Crippen LogP contribution in [0.15, 0.2) is 48.5 Å². The smallest absolute Gasteiger partial charge is 0.258 e. The Morgan fingerprint density at radius 2 is 2.00 bits per heavy atom. The van der Waals surface area contributed by atoms with Gasteiger partial charge in [-0.3, -0.25) is 4.79 Å². The summed E-state index contributed by atoms with van der Waals surface area (Å²) >= 11 is 6.08. The van der Waals surface area contributed by atoms with Gasteiger partial charge >= 0.3 is 0 Å². The summed E-state index contributed by atoms with van der Waals surface area (Å²) in [5.74, 6) is 0.290. The molecule has 1 heterocycles. The van der Waals surface area contributed by atoms with Gasteiger partial charge in [0, 0.05) is 6.04 Å². The molecule has 0 saturated heterocycles. The molecule has 1 aliphatic carbocycles. The maximum absolute atomic E-state index is 12.4. The van der Waals surface area contributed by atoms with Crippen LogP contribution in [0.4, 0.5) is 5.82 Å². The van der Waals surface area contributed by atoms with E-state index in [1.165, 1.54) is 5.57 Å². The van der Waals surface area contributed by atoms with Gasteiger partial charge in [0.1, 0.15) is 5.82 Å². The molecule has 0 saturated carbocycles. The van der Waals surface area contributed by atoms with Crippen LogP contribution < -0.4 is 5.32 Å². The summed E-state index contributed by atoms with van der Waals surface area (Å²) in [6.07, 6.45) is 5.41. The summed E-state index contributed by atoms with van der Waals surface area (Å²) in [5.41, 5.74) is 2.61. The van der Waals surface area contributed by atoms with E-state index in [4.69, 9.17) is 11.6 Å². The molecule has 3 rings (SSSR count). The minimum atomic E-state index is -0.249. The third kappa shape index (κ3) is 4.27. The van der Waals surface area contributed by atoms with E-state index in [0.29, 0.717) is 22.4 Å². The number of carbonyl (C=O) groups excluding carboxylic acids is 1. The summed E-state index contributed by atoms with van der Waals surface area (Å²) in [6.45, 7) is 0. The van der Waals surface area contributed by atoms with Gasteiger partial charge in [-0.15, -0.1) is 0 Å². The fourth-order valence-corrected chi connectivity index (χ4v) is 3.26. The molecule has 1 unspecified atom stereocenters. The first-order chi connectivity index (χ1) is 12.0. The second kappa shape index (κ2) is 7.81. The third-order valence-electron chi connectivity index (χ3n) is 4.55. The average Bonchev–Trinajstić information content (AvgIpc) is 2.62. The second-order valence-electron chi connectivity index (χ2n) is 6.46. The molecule has 0 bridgehead atoms. The number of pyridine rings is 1. The van der Waals surface area contributed by atoms with Crippen LogP contribution in [0.2, 0.25) is 5.02 Å². The van der Waals surface area contributed by atoms with Gasteiger partial charge in [0.2, 0.25) is 0 Å². The van der Waals surface area contributed by atoms with Gasteiger partial charge < -0.3 is 10.2 Å². The Kier molecular flexibility index (Phi) is 5.51. The van der Waals surface area contributed by atoms with Crippen molar-refractivity contribution in [1.82, 2.24) is 9.88 Å². The minimum absolute atomic E-state index is 0.249. The largest absolute Gasteiger partial charge is 0.306 e. The van der Waals surface area contributed by atoms with Gasteiger partial charge in [0.25, 0.3) is 5.91 Å². The van der Waals surface area contributed by atoms with Gasteiger partial charge in [-0.05, 0) is 63.2 Å². The molecule has 1 aromatic heterocycles. The molecule has 1 aromatic carbocycles. The van der Waals surface area contributed by atoms with E-state index in [2.05, 4.69) is 35.4 Å². The van der Waals surface area contributed by atoms with Crippen LogP contribution in [0.1, 0.15) is 35.3 Å². The average molecular weight is 356 g/mol. The number of allylic oxidation sites excluding steroid dienone is 1. The zero-order valence-corrected chi connectivity index (χ0v) is 15.3. The quantitative estimate of drug-likeness (QED) is 0.879. The summed E-state index contributed by atoms with van der Waals surface area (Å²) in [5, 5.41) is 3.27. The molecular weight excluding hydrogens is 334 g/mol. The van der Waals surface area contributed by atoms with Crippen LogP contribution in [-0.2, 0) is 0 Å². The zero-order chi connectivity index (χ0) is 17.8. The number of nitrogens with zero attached hydrogens (tertiary/aromatic N) is 2. The molecule has 0 fully saturated rings. The Balaban J connectivity index is 1.74. The first-order valence-electron chi connectivity index (χ1n) is 8.43. The second-order valence-corrected chi connectivity index (χ2v) is 6.87. The molecule has 0 aliphatic heterocycles. The lowest BCUT2D eigenvalue weighted by Gasteiger charge is -2.27. The van der Waals surface area contributed by atoms with Crippen molar-refractivity contribution in [3.63, 3.8) is 0 Å². The molecule has 1 amide bonds. The van der Waals surface area contributed by atoms with Crippen LogP contribution in [0.25, 0.3) is 5.57 Å². The molecular formula is C20H22ClN3O. The number of halogens is 1. The lowest BCUT2D eigenvalue weighted by atomic mass is 9.92. The van der Waals surface area contributed by atoms with E-state index < -0.39 is 0 Å². The normalized spacial score (nSPS) is 17.3. The van der Waals surface area contributed by atoms with Crippen LogP contribution in [-0.4, -0.2) is 35.9 Å². The first kappa shape index (κ1) is 17.6. The van der Waals surface area contributed by atoms with E-state index >= 15 is 0 Å². The highest BCUT2D eigenvalue weighted by Crippen LogP contribution is 2.28. The van der Waals surface area contributed by atoms with Crippen molar-refractivity contribution in [2.75, 3.05) is 19.4 Å². The molecule has 0 spiro atoms. The fourth-order valence-electron chi connectivity index (χ4n) is 3.03. The number of aromatic nitrogens is 1. The van der Waals surface area contributed by atoms with E-state index in [-0.39, 0.29) is 5.91 Å². The van der Waals surface area contributed by atoms with E-state index in [1.807, 2.05) is 12.1 Å². The molecule has 1 aliphatic rings. The van der Waals surface area contributed by atoms with Gasteiger partial charge in [-0.25, -0.2) is 4.98 Å². The minimum Gasteiger partial charge on any atom is -0.306 e. The van der Waals surface area contributed by atoms with Crippen molar-refractivity contribution in [3.05, 3.63) is 64.8 Å². The zero-order valence-electron chi connectivity index (χ0n) is 14.5. The number of hydrogen-bond acceptors (Lipinski definition) is 3. The lowest BCUT2D eigenvalue weighted by molar-refractivity contribution is 0.102. The van der Waals surface area contributed by atoms with Gasteiger partial charge in [-0.2, -0.15) is 0 Å². The number of nitrogens with one attached hydrogen (secondary N) is 1. The maximum Gasteiger partial charge on any atom is 0.258 e. The predicted octanol–water partition coefficient (Wildman–Crippen LogP) is 4.48. The number of benzene rings is 1. The van der Waals surface area contributed by atoms with Crippen LogP contribution in [0.3, 0.4) is 0 Å². The number of anilines is 1. The van der Waals surface area contributed by atoms with Crippen molar-refractivity contribution in [1.29, 1.82) is 0 Å². The van der Waals surface area contributed by atoms with Crippen molar-refractivity contribution < 1.29 is 4.79 Å². The Hall–Kier alpha value is -2.17. The van der Waals surface area contributed by atoms with Crippen molar-refractivity contribution in [2.24, 2.45) is 0 Å². The number of hydrogen-bond donors (Lipinski definition) is 1. The van der Waals surface area contributed by atoms with E-state index in [1.54, 1.807) is 30.3 Å². The standard InChI is InChI=1S/C20H22ClN3O/c1-24(2)15-12-10-14(11-13-15)18-8-5-9-19(22-18)23-20(25)16-6-3-4-7-17(16)21/h3-10,15H,11-13H2,1-2H3,(H,22,23,25). The molecule has 2 aromatic rings. The van der Waals surface area contributed by atoms with Crippen molar-refractivity contribution in [2.45, 2.75) is 25.3 Å². The summed E-state index contributed by atoms with van der Waals surface area (Å²) < 4.78 is 0. The van der Waals surface area contributed by atoms with Crippen molar-refractivity contribution >= 4 is 28.9 Å². The van der Waals surface area contributed by atoms with Crippen LogP contribution >= 0.6 is 11.6 Å². The molecule has 4 nitrogen and oxygen atoms in total. The number of carbonyl (C=O) groups is 1. The van der Waals surface area contributed by atoms with E-state index in [0.717, 1.165) is 25.0 Å². The molecule has 130 valence electrons. The Labute approximate surface area is 153 Å². The molecule has 1 atom stereocenters.